The summed E-state index contributed by atoms with van der Waals surface area (Å²) < 4.78 is 1.21. The van der Waals surface area contributed by atoms with Crippen LogP contribution < -0.4 is 0 Å². The van der Waals surface area contributed by atoms with Gasteiger partial charge in [-0.2, -0.15) is 0 Å². The summed E-state index contributed by atoms with van der Waals surface area (Å²) in [5.74, 6) is 1.77. The predicted octanol–water partition coefficient (Wildman–Crippen LogP) is 6.65. The second-order valence-electron chi connectivity index (χ2n) is 8.91. The third-order valence-electron chi connectivity index (χ3n) is 7.22. The van der Waals surface area contributed by atoms with Crippen molar-refractivity contribution in [1.29, 1.82) is 0 Å². The Labute approximate surface area is 186 Å². The Morgan fingerprint density at radius 2 is 1.68 bits per heavy atom. The highest BCUT2D eigenvalue weighted by molar-refractivity contribution is 9.10. The van der Waals surface area contributed by atoms with Crippen LogP contribution in [0.25, 0.3) is 0 Å². The van der Waals surface area contributed by atoms with Crippen molar-refractivity contribution < 1.29 is 0 Å². The van der Waals surface area contributed by atoms with Gasteiger partial charge < -0.3 is 9.80 Å². The smallest absolute Gasteiger partial charge is 0.0409 e. The van der Waals surface area contributed by atoms with Crippen LogP contribution in [-0.4, -0.2) is 48.6 Å². The fraction of sp³-hybridized carbons (Fsp3) is 0.750. The molecule has 0 N–H and O–H groups in total. The van der Waals surface area contributed by atoms with Crippen molar-refractivity contribution in [3.8, 4) is 0 Å². The Bertz CT molecular complexity index is 588. The van der Waals surface area contributed by atoms with Crippen LogP contribution in [0, 0.1) is 11.8 Å². The van der Waals surface area contributed by atoms with E-state index in [4.69, 9.17) is 11.6 Å². The van der Waals surface area contributed by atoms with E-state index in [1.165, 1.54) is 87.7 Å². The molecule has 1 saturated carbocycles. The Hall–Kier alpha value is -0.0900. The number of rotatable bonds is 8. The van der Waals surface area contributed by atoms with E-state index in [-0.39, 0.29) is 0 Å². The zero-order valence-electron chi connectivity index (χ0n) is 17.8. The summed E-state index contributed by atoms with van der Waals surface area (Å²) in [6.45, 7) is 10.9. The van der Waals surface area contributed by atoms with Crippen molar-refractivity contribution in [2.45, 2.75) is 71.3 Å². The summed E-state index contributed by atoms with van der Waals surface area (Å²) >= 11 is 9.87. The van der Waals surface area contributed by atoms with Crippen LogP contribution >= 0.6 is 27.5 Å². The van der Waals surface area contributed by atoms with Crippen molar-refractivity contribution in [1.82, 2.24) is 9.80 Å². The van der Waals surface area contributed by atoms with Crippen molar-refractivity contribution in [2.24, 2.45) is 11.8 Å². The lowest BCUT2D eigenvalue weighted by Crippen LogP contribution is -2.39. The SMILES string of the molecule is CCN(CC)C1CCC(CCN2CCC(Cc3cc(Cl)ccc3Br)CC2)CC1. The van der Waals surface area contributed by atoms with E-state index in [1.807, 2.05) is 6.07 Å². The summed E-state index contributed by atoms with van der Waals surface area (Å²) in [5, 5.41) is 0.853. The van der Waals surface area contributed by atoms with Gasteiger partial charge in [-0.3, -0.25) is 0 Å². The summed E-state index contributed by atoms with van der Waals surface area (Å²) in [5.41, 5.74) is 1.37. The standard InChI is InChI=1S/C24H38BrClN2/c1-3-28(4-2)23-8-5-19(6-9-23)11-14-27-15-12-20(13-16-27)17-21-18-22(26)7-10-24(21)25/h7,10,18-20,23H,3-6,8-9,11-17H2,1-2H3. The fourth-order valence-electron chi connectivity index (χ4n) is 5.33. The van der Waals surface area contributed by atoms with Gasteiger partial charge >= 0.3 is 0 Å². The third kappa shape index (κ3) is 6.45. The average molecular weight is 470 g/mol. The Kier molecular flexibility index (Phi) is 9.15. The molecular weight excluding hydrogens is 432 g/mol. The average Bonchev–Trinajstić information content (AvgIpc) is 2.72. The van der Waals surface area contributed by atoms with Gasteiger partial charge in [0.2, 0.25) is 0 Å². The van der Waals surface area contributed by atoms with Crippen LogP contribution in [0.4, 0.5) is 0 Å². The second-order valence-corrected chi connectivity index (χ2v) is 10.2. The molecule has 2 aliphatic rings. The maximum Gasteiger partial charge on any atom is 0.0409 e. The summed E-state index contributed by atoms with van der Waals surface area (Å²) in [7, 11) is 0. The highest BCUT2D eigenvalue weighted by Crippen LogP contribution is 2.31. The summed E-state index contributed by atoms with van der Waals surface area (Å²) in [6, 6.07) is 7.04. The Balaban J connectivity index is 1.34. The number of nitrogens with zero attached hydrogens (tertiary/aromatic N) is 2. The summed E-state index contributed by atoms with van der Waals surface area (Å²) in [6.07, 6.45) is 11.0. The molecule has 158 valence electrons. The lowest BCUT2D eigenvalue weighted by atomic mass is 9.83. The molecule has 0 bridgehead atoms. The Morgan fingerprint density at radius 1 is 1.00 bits per heavy atom. The van der Waals surface area contributed by atoms with E-state index in [1.54, 1.807) is 0 Å². The highest BCUT2D eigenvalue weighted by Gasteiger charge is 2.25. The molecule has 0 spiro atoms. The number of hydrogen-bond acceptors (Lipinski definition) is 2. The van der Waals surface area contributed by atoms with Crippen molar-refractivity contribution >= 4 is 27.5 Å². The predicted molar refractivity (Wildman–Crippen MR) is 125 cm³/mol. The van der Waals surface area contributed by atoms with Gasteiger partial charge in [-0.15, -0.1) is 0 Å². The van der Waals surface area contributed by atoms with Crippen LogP contribution in [0.3, 0.4) is 0 Å². The highest BCUT2D eigenvalue weighted by atomic mass is 79.9. The lowest BCUT2D eigenvalue weighted by Gasteiger charge is -2.37. The molecule has 4 heteroatoms. The van der Waals surface area contributed by atoms with E-state index in [9.17, 15) is 0 Å². The molecule has 1 aliphatic carbocycles. The third-order valence-corrected chi connectivity index (χ3v) is 8.23. The minimum absolute atomic E-state index is 0.801. The first-order valence-corrected chi connectivity index (χ1v) is 12.7. The number of hydrogen-bond donors (Lipinski definition) is 0. The maximum atomic E-state index is 6.18. The van der Waals surface area contributed by atoms with Crippen LogP contribution in [-0.2, 0) is 6.42 Å². The molecule has 0 unspecified atom stereocenters. The first kappa shape index (κ1) is 22.6. The van der Waals surface area contributed by atoms with Crippen molar-refractivity contribution in [2.75, 3.05) is 32.7 Å². The number of benzene rings is 1. The Morgan fingerprint density at radius 3 is 2.32 bits per heavy atom. The monoisotopic (exact) mass is 468 g/mol. The van der Waals surface area contributed by atoms with E-state index in [0.29, 0.717) is 0 Å². The van der Waals surface area contributed by atoms with Crippen LogP contribution in [0.5, 0.6) is 0 Å². The summed E-state index contributed by atoms with van der Waals surface area (Å²) in [4.78, 5) is 5.39. The number of piperidine rings is 1. The normalized spacial score (nSPS) is 24.8. The van der Waals surface area contributed by atoms with Gasteiger partial charge in [0.1, 0.15) is 0 Å². The molecule has 1 aliphatic heterocycles. The minimum atomic E-state index is 0.801. The molecule has 0 radical (unpaired) electrons. The molecule has 2 fully saturated rings. The van der Waals surface area contributed by atoms with Gasteiger partial charge in [0.05, 0.1) is 0 Å². The molecule has 0 amide bonds. The molecule has 1 heterocycles. The van der Waals surface area contributed by atoms with Gasteiger partial charge in [0.15, 0.2) is 0 Å². The van der Waals surface area contributed by atoms with Gasteiger partial charge in [-0.05, 0) is 120 Å². The van der Waals surface area contributed by atoms with Crippen LogP contribution in [0.15, 0.2) is 22.7 Å². The van der Waals surface area contributed by atoms with E-state index in [2.05, 4.69) is 51.7 Å². The largest absolute Gasteiger partial charge is 0.303 e. The molecule has 2 nitrogen and oxygen atoms in total. The zero-order chi connectivity index (χ0) is 19.9. The fourth-order valence-corrected chi connectivity index (χ4v) is 5.93. The van der Waals surface area contributed by atoms with Crippen molar-refractivity contribution in [3.63, 3.8) is 0 Å². The van der Waals surface area contributed by atoms with Crippen molar-refractivity contribution in [3.05, 3.63) is 33.3 Å². The van der Waals surface area contributed by atoms with Gasteiger partial charge in [-0.25, -0.2) is 0 Å². The molecule has 1 saturated heterocycles. The molecule has 0 aromatic heterocycles. The maximum absolute atomic E-state index is 6.18. The van der Waals surface area contributed by atoms with Crippen LogP contribution in [0.1, 0.15) is 64.4 Å². The molecule has 3 rings (SSSR count). The first-order valence-electron chi connectivity index (χ1n) is 11.5. The zero-order valence-corrected chi connectivity index (χ0v) is 20.1. The molecule has 1 aromatic carbocycles. The van der Waals surface area contributed by atoms with E-state index in [0.717, 1.165) is 29.3 Å². The van der Waals surface area contributed by atoms with E-state index >= 15 is 0 Å². The molecule has 0 atom stereocenters. The lowest BCUT2D eigenvalue weighted by molar-refractivity contribution is 0.130. The second kappa shape index (κ2) is 11.3. The van der Waals surface area contributed by atoms with Gasteiger partial charge in [0.25, 0.3) is 0 Å². The van der Waals surface area contributed by atoms with Gasteiger partial charge in [0, 0.05) is 15.5 Å². The van der Waals surface area contributed by atoms with E-state index < -0.39 is 0 Å². The quantitative estimate of drug-likeness (QED) is 0.420. The molecular formula is C24H38BrClN2. The minimum Gasteiger partial charge on any atom is -0.303 e. The topological polar surface area (TPSA) is 6.48 Å². The van der Waals surface area contributed by atoms with Crippen LogP contribution in [0.2, 0.25) is 5.02 Å². The first-order chi connectivity index (χ1) is 13.6. The number of halogens is 2. The van der Waals surface area contributed by atoms with Gasteiger partial charge in [-0.1, -0.05) is 41.4 Å². The molecule has 1 aromatic rings. The molecule has 28 heavy (non-hydrogen) atoms. The number of likely N-dealkylation sites (tertiary alicyclic amines) is 1.